The zero-order chi connectivity index (χ0) is 24.7. The van der Waals surface area contributed by atoms with Crippen molar-refractivity contribution < 1.29 is 22.4 Å². The number of amides is 1. The summed E-state index contributed by atoms with van der Waals surface area (Å²) in [6, 6.07) is 12.5. The zero-order valence-electron chi connectivity index (χ0n) is 18.9. The average Bonchev–Trinajstić information content (AvgIpc) is 2.80. The normalized spacial score (nSPS) is 11.5. The van der Waals surface area contributed by atoms with Crippen LogP contribution in [0, 0.1) is 5.82 Å². The van der Waals surface area contributed by atoms with Crippen LogP contribution in [0.2, 0.25) is 0 Å². The summed E-state index contributed by atoms with van der Waals surface area (Å²) < 4.78 is 52.8. The first-order valence-corrected chi connectivity index (χ1v) is 10.7. The summed E-state index contributed by atoms with van der Waals surface area (Å²) in [5, 5.41) is 3.15. The summed E-state index contributed by atoms with van der Waals surface area (Å²) in [4.78, 5) is 19.4. The zero-order valence-corrected chi connectivity index (χ0v) is 18.9. The molecule has 1 aromatic heterocycles. The molecule has 0 unspecified atom stereocenters. The Morgan fingerprint density at radius 2 is 1.79 bits per heavy atom. The molecule has 1 heterocycles. The van der Waals surface area contributed by atoms with Crippen molar-refractivity contribution in [3.05, 3.63) is 83.3 Å². The largest absolute Gasteiger partial charge is 0.416 e. The maximum atomic E-state index is 14.2. The third-order valence-electron chi connectivity index (χ3n) is 5.25. The molecule has 3 aromatic rings. The van der Waals surface area contributed by atoms with E-state index in [9.17, 15) is 22.4 Å². The molecule has 1 N–H and O–H groups in total. The molecule has 2 aromatic carbocycles. The van der Waals surface area contributed by atoms with Crippen LogP contribution in [0.25, 0.3) is 0 Å². The van der Waals surface area contributed by atoms with Gasteiger partial charge >= 0.3 is 6.18 Å². The van der Waals surface area contributed by atoms with Crippen LogP contribution >= 0.6 is 0 Å². The number of pyridine rings is 1. The predicted octanol–water partition coefficient (Wildman–Crippen LogP) is 5.64. The lowest BCUT2D eigenvalue weighted by Crippen LogP contribution is -2.17. The van der Waals surface area contributed by atoms with Gasteiger partial charge in [-0.25, -0.2) is 9.37 Å². The van der Waals surface area contributed by atoms with Gasteiger partial charge in [-0.1, -0.05) is 12.1 Å². The van der Waals surface area contributed by atoms with Gasteiger partial charge in [0, 0.05) is 18.4 Å². The SMILES string of the molecule is CN(C)CCCc1cc(CNc2ncccc2N(C=O)c2ccc(C(F)(F)F)cc2)ccc1F. The highest BCUT2D eigenvalue weighted by molar-refractivity contribution is 5.90. The molecule has 0 spiro atoms. The Morgan fingerprint density at radius 1 is 1.06 bits per heavy atom. The first kappa shape index (κ1) is 25.2. The van der Waals surface area contributed by atoms with Crippen molar-refractivity contribution in [3.63, 3.8) is 0 Å². The number of aryl methyl sites for hydroxylation is 1. The topological polar surface area (TPSA) is 48.5 Å². The quantitative estimate of drug-likeness (QED) is 0.305. The van der Waals surface area contributed by atoms with E-state index in [1.165, 1.54) is 23.1 Å². The Bertz CT molecular complexity index is 1100. The fraction of sp³-hybridized carbons (Fsp3) is 0.280. The van der Waals surface area contributed by atoms with E-state index in [1.807, 2.05) is 19.0 Å². The van der Waals surface area contributed by atoms with Gasteiger partial charge in [-0.3, -0.25) is 9.69 Å². The average molecular weight is 475 g/mol. The fourth-order valence-corrected chi connectivity index (χ4v) is 3.50. The highest BCUT2D eigenvalue weighted by Crippen LogP contribution is 2.33. The van der Waals surface area contributed by atoms with Crippen LogP contribution in [-0.4, -0.2) is 36.9 Å². The van der Waals surface area contributed by atoms with Crippen LogP contribution in [-0.2, 0) is 23.9 Å². The number of nitrogens with zero attached hydrogens (tertiary/aromatic N) is 3. The minimum absolute atomic E-state index is 0.254. The number of carbonyl (C=O) groups is 1. The number of anilines is 3. The van der Waals surface area contributed by atoms with Gasteiger partial charge < -0.3 is 10.2 Å². The van der Waals surface area contributed by atoms with E-state index >= 15 is 0 Å². The monoisotopic (exact) mass is 474 g/mol. The molecular weight excluding hydrogens is 448 g/mol. The van der Waals surface area contributed by atoms with Crippen LogP contribution in [0.3, 0.4) is 0 Å². The number of halogens is 4. The van der Waals surface area contributed by atoms with Crippen molar-refractivity contribution in [2.45, 2.75) is 25.6 Å². The number of alkyl halides is 3. The molecule has 0 aliphatic heterocycles. The van der Waals surface area contributed by atoms with Crippen LogP contribution in [0.5, 0.6) is 0 Å². The third-order valence-corrected chi connectivity index (χ3v) is 5.25. The Balaban J connectivity index is 1.77. The van der Waals surface area contributed by atoms with E-state index in [0.29, 0.717) is 36.4 Å². The van der Waals surface area contributed by atoms with Gasteiger partial charge in [-0.2, -0.15) is 13.2 Å². The standard InChI is InChI=1S/C25H26F4N4O/c1-32(2)14-4-5-19-15-18(7-12-22(19)26)16-31-24-23(6-3-13-30-24)33(17-34)21-10-8-20(9-11-21)25(27,28)29/h3,6-13,15,17H,4-5,14,16H2,1-2H3,(H,30,31). The molecule has 180 valence electrons. The Labute approximate surface area is 196 Å². The van der Waals surface area contributed by atoms with Crippen LogP contribution in [0.1, 0.15) is 23.1 Å². The maximum Gasteiger partial charge on any atom is 0.416 e. The Kier molecular flexibility index (Phi) is 8.22. The Morgan fingerprint density at radius 3 is 2.44 bits per heavy atom. The van der Waals surface area contributed by atoms with E-state index in [4.69, 9.17) is 0 Å². The molecule has 9 heteroatoms. The van der Waals surface area contributed by atoms with E-state index in [1.54, 1.807) is 30.5 Å². The van der Waals surface area contributed by atoms with E-state index in [-0.39, 0.29) is 11.5 Å². The number of rotatable bonds is 10. The molecule has 5 nitrogen and oxygen atoms in total. The molecule has 0 fully saturated rings. The molecule has 0 saturated carbocycles. The fourth-order valence-electron chi connectivity index (χ4n) is 3.50. The lowest BCUT2D eigenvalue weighted by molar-refractivity contribution is -0.137. The molecule has 0 aliphatic rings. The lowest BCUT2D eigenvalue weighted by Gasteiger charge is -2.21. The molecule has 0 radical (unpaired) electrons. The third kappa shape index (κ3) is 6.54. The number of carbonyl (C=O) groups excluding carboxylic acids is 1. The van der Waals surface area contributed by atoms with Gasteiger partial charge in [0.05, 0.1) is 11.3 Å². The molecule has 0 saturated heterocycles. The van der Waals surface area contributed by atoms with Gasteiger partial charge in [0.25, 0.3) is 0 Å². The molecule has 34 heavy (non-hydrogen) atoms. The van der Waals surface area contributed by atoms with Crippen molar-refractivity contribution in [1.82, 2.24) is 9.88 Å². The van der Waals surface area contributed by atoms with Crippen molar-refractivity contribution in [2.75, 3.05) is 30.9 Å². The summed E-state index contributed by atoms with van der Waals surface area (Å²) in [6.07, 6.45) is -0.970. The molecule has 0 atom stereocenters. The van der Waals surface area contributed by atoms with Crippen LogP contribution in [0.4, 0.5) is 34.8 Å². The van der Waals surface area contributed by atoms with Gasteiger partial charge in [0.2, 0.25) is 6.41 Å². The molecule has 3 rings (SSSR count). The van der Waals surface area contributed by atoms with Crippen LogP contribution < -0.4 is 10.2 Å². The second-order valence-electron chi connectivity index (χ2n) is 8.08. The first-order valence-electron chi connectivity index (χ1n) is 10.7. The number of benzene rings is 2. The van der Waals surface area contributed by atoms with Gasteiger partial charge in [-0.15, -0.1) is 0 Å². The number of hydrogen-bond acceptors (Lipinski definition) is 4. The summed E-state index contributed by atoms with van der Waals surface area (Å²) in [7, 11) is 3.93. The molecule has 0 aliphatic carbocycles. The predicted molar refractivity (Wildman–Crippen MR) is 124 cm³/mol. The smallest absolute Gasteiger partial charge is 0.364 e. The van der Waals surface area contributed by atoms with Crippen LogP contribution in [0.15, 0.2) is 60.8 Å². The van der Waals surface area contributed by atoms with Crippen molar-refractivity contribution >= 4 is 23.6 Å². The number of aromatic nitrogens is 1. The van der Waals surface area contributed by atoms with E-state index in [0.717, 1.165) is 30.7 Å². The summed E-state index contributed by atoms with van der Waals surface area (Å²) in [6.45, 7) is 1.18. The lowest BCUT2D eigenvalue weighted by atomic mass is 10.1. The minimum Gasteiger partial charge on any atom is -0.364 e. The summed E-state index contributed by atoms with van der Waals surface area (Å²) in [5.74, 6) is 0.114. The summed E-state index contributed by atoms with van der Waals surface area (Å²) >= 11 is 0. The van der Waals surface area contributed by atoms with E-state index < -0.39 is 11.7 Å². The van der Waals surface area contributed by atoms with Crippen molar-refractivity contribution in [1.29, 1.82) is 0 Å². The molecule has 1 amide bonds. The van der Waals surface area contributed by atoms with E-state index in [2.05, 4.69) is 10.3 Å². The highest BCUT2D eigenvalue weighted by Gasteiger charge is 2.30. The van der Waals surface area contributed by atoms with Gasteiger partial charge in [0.15, 0.2) is 5.82 Å². The number of hydrogen-bond donors (Lipinski definition) is 1. The maximum absolute atomic E-state index is 14.2. The van der Waals surface area contributed by atoms with Crippen molar-refractivity contribution in [2.24, 2.45) is 0 Å². The summed E-state index contributed by atoms with van der Waals surface area (Å²) in [5.41, 5.74) is 1.31. The molecule has 0 bridgehead atoms. The van der Waals surface area contributed by atoms with Gasteiger partial charge in [0.1, 0.15) is 5.82 Å². The minimum atomic E-state index is -4.47. The second kappa shape index (κ2) is 11.1. The highest BCUT2D eigenvalue weighted by atomic mass is 19.4. The number of nitrogens with one attached hydrogen (secondary N) is 1. The molecular formula is C25H26F4N4O. The van der Waals surface area contributed by atoms with Crippen molar-refractivity contribution in [3.8, 4) is 0 Å². The first-order chi connectivity index (χ1) is 16.2. The second-order valence-corrected chi connectivity index (χ2v) is 8.08. The Hall–Kier alpha value is -3.46. The van der Waals surface area contributed by atoms with Gasteiger partial charge in [-0.05, 0) is 87.1 Å².